The summed E-state index contributed by atoms with van der Waals surface area (Å²) in [7, 11) is 1.52. The molecule has 0 unspecified atom stereocenters. The highest BCUT2D eigenvalue weighted by atomic mass is 16.5. The molecule has 0 radical (unpaired) electrons. The summed E-state index contributed by atoms with van der Waals surface area (Å²) in [6, 6.07) is 6.33. The van der Waals surface area contributed by atoms with Gasteiger partial charge in [0, 0.05) is 5.56 Å². The molecule has 2 N–H and O–H groups in total. The lowest BCUT2D eigenvalue weighted by Crippen LogP contribution is -2.18. The van der Waals surface area contributed by atoms with Crippen LogP contribution >= 0.6 is 0 Å². The van der Waals surface area contributed by atoms with Crippen molar-refractivity contribution in [3.8, 4) is 5.75 Å². The number of carboxylic acid groups (broad SMARTS) is 1. The molecule has 6 nitrogen and oxygen atoms in total. The van der Waals surface area contributed by atoms with E-state index in [-0.39, 0.29) is 0 Å². The van der Waals surface area contributed by atoms with Gasteiger partial charge in [0.05, 0.1) is 7.11 Å². The number of hydrogen-bond donors (Lipinski definition) is 2. The van der Waals surface area contributed by atoms with Crippen molar-refractivity contribution < 1.29 is 19.4 Å². The lowest BCUT2D eigenvalue weighted by Gasteiger charge is -2.01. The number of carbonyl (C=O) groups is 2. The Balaban J connectivity index is 2.62. The first-order valence-electron chi connectivity index (χ1n) is 4.34. The molecule has 0 bridgehead atoms. The lowest BCUT2D eigenvalue weighted by molar-refractivity contribution is -0.128. The van der Waals surface area contributed by atoms with Crippen molar-refractivity contribution in [1.82, 2.24) is 5.43 Å². The van der Waals surface area contributed by atoms with E-state index in [9.17, 15) is 9.59 Å². The van der Waals surface area contributed by atoms with Crippen LogP contribution in [0.15, 0.2) is 29.4 Å². The van der Waals surface area contributed by atoms with E-state index in [4.69, 9.17) is 9.84 Å². The van der Waals surface area contributed by atoms with Crippen LogP contribution in [0, 0.1) is 0 Å². The Morgan fingerprint density at radius 2 is 2.00 bits per heavy atom. The van der Waals surface area contributed by atoms with Gasteiger partial charge in [-0.15, -0.1) is 0 Å². The third-order valence-electron chi connectivity index (χ3n) is 1.69. The summed E-state index contributed by atoms with van der Waals surface area (Å²) < 4.78 is 4.92. The van der Waals surface area contributed by atoms with Crippen LogP contribution in [0.1, 0.15) is 10.4 Å². The highest BCUT2D eigenvalue weighted by Gasteiger charge is 2.03. The largest absolute Gasteiger partial charge is 0.497 e. The quantitative estimate of drug-likeness (QED) is 0.573. The molecule has 0 aromatic heterocycles. The van der Waals surface area contributed by atoms with Gasteiger partial charge < -0.3 is 9.84 Å². The third-order valence-corrected chi connectivity index (χ3v) is 1.69. The number of nitrogens with one attached hydrogen (secondary N) is 1. The van der Waals surface area contributed by atoms with E-state index in [0.29, 0.717) is 17.5 Å². The molecule has 0 aliphatic carbocycles. The summed E-state index contributed by atoms with van der Waals surface area (Å²) in [4.78, 5) is 21.5. The van der Waals surface area contributed by atoms with Crippen LogP contribution in [0.25, 0.3) is 0 Å². The van der Waals surface area contributed by atoms with E-state index in [1.54, 1.807) is 24.3 Å². The molecular formula is C10H10N2O4. The highest BCUT2D eigenvalue weighted by Crippen LogP contribution is 2.10. The van der Waals surface area contributed by atoms with Gasteiger partial charge in [-0.05, 0) is 24.3 Å². The fourth-order valence-corrected chi connectivity index (χ4v) is 0.953. The van der Waals surface area contributed by atoms with Crippen LogP contribution < -0.4 is 10.2 Å². The van der Waals surface area contributed by atoms with Gasteiger partial charge in [-0.25, -0.2) is 10.2 Å². The molecule has 0 heterocycles. The maximum Gasteiger partial charge on any atom is 0.348 e. The number of hydrazone groups is 1. The molecule has 1 aromatic carbocycles. The molecule has 0 aliphatic rings. The fourth-order valence-electron chi connectivity index (χ4n) is 0.953. The van der Waals surface area contributed by atoms with Crippen molar-refractivity contribution in [3.05, 3.63) is 29.8 Å². The van der Waals surface area contributed by atoms with Gasteiger partial charge >= 0.3 is 5.97 Å². The van der Waals surface area contributed by atoms with E-state index >= 15 is 0 Å². The Bertz CT molecular complexity index is 411. The number of amides is 1. The third kappa shape index (κ3) is 3.41. The van der Waals surface area contributed by atoms with Crippen molar-refractivity contribution in [2.45, 2.75) is 0 Å². The van der Waals surface area contributed by atoms with Gasteiger partial charge in [-0.2, -0.15) is 5.10 Å². The first-order chi connectivity index (χ1) is 7.63. The Kier molecular flexibility index (Phi) is 4.02. The maximum absolute atomic E-state index is 11.4. The molecule has 1 rings (SSSR count). The minimum atomic E-state index is -1.23. The zero-order chi connectivity index (χ0) is 12.0. The molecule has 0 fully saturated rings. The van der Waals surface area contributed by atoms with Crippen LogP contribution in [0.5, 0.6) is 5.75 Å². The van der Waals surface area contributed by atoms with Crippen molar-refractivity contribution in [1.29, 1.82) is 0 Å². The fraction of sp³-hybridized carbons (Fsp3) is 0.100. The zero-order valence-electron chi connectivity index (χ0n) is 8.51. The smallest absolute Gasteiger partial charge is 0.348 e. The molecular weight excluding hydrogens is 212 g/mol. The van der Waals surface area contributed by atoms with E-state index < -0.39 is 11.9 Å². The number of benzene rings is 1. The van der Waals surface area contributed by atoms with Crippen molar-refractivity contribution >= 4 is 18.1 Å². The molecule has 16 heavy (non-hydrogen) atoms. The average molecular weight is 222 g/mol. The number of rotatable bonds is 4. The molecule has 1 aromatic rings. The maximum atomic E-state index is 11.4. The van der Waals surface area contributed by atoms with Crippen LogP contribution in [0.3, 0.4) is 0 Å². The minimum Gasteiger partial charge on any atom is -0.497 e. The monoisotopic (exact) mass is 222 g/mol. The number of carboxylic acids is 1. The normalized spacial score (nSPS) is 10.1. The number of hydrogen-bond acceptors (Lipinski definition) is 4. The van der Waals surface area contributed by atoms with Gasteiger partial charge in [0.2, 0.25) is 0 Å². The molecule has 0 saturated heterocycles. The van der Waals surface area contributed by atoms with Crippen molar-refractivity contribution in [2.75, 3.05) is 7.11 Å². The van der Waals surface area contributed by atoms with Crippen LogP contribution in [0.2, 0.25) is 0 Å². The summed E-state index contributed by atoms with van der Waals surface area (Å²) in [6.45, 7) is 0. The molecule has 1 amide bonds. The Morgan fingerprint density at radius 1 is 1.38 bits per heavy atom. The predicted molar refractivity (Wildman–Crippen MR) is 56.6 cm³/mol. The first-order valence-corrected chi connectivity index (χ1v) is 4.34. The second-order valence-corrected chi connectivity index (χ2v) is 2.77. The Hall–Kier alpha value is -2.37. The number of methoxy groups -OCH3 is 1. The van der Waals surface area contributed by atoms with E-state index in [0.717, 1.165) is 0 Å². The Morgan fingerprint density at radius 3 is 2.50 bits per heavy atom. The molecule has 6 heteroatoms. The van der Waals surface area contributed by atoms with Crippen molar-refractivity contribution in [3.63, 3.8) is 0 Å². The van der Waals surface area contributed by atoms with Gasteiger partial charge in [0.25, 0.3) is 5.91 Å². The lowest BCUT2D eigenvalue weighted by atomic mass is 10.2. The summed E-state index contributed by atoms with van der Waals surface area (Å²) >= 11 is 0. The van der Waals surface area contributed by atoms with E-state index in [2.05, 4.69) is 10.5 Å². The van der Waals surface area contributed by atoms with Gasteiger partial charge in [-0.3, -0.25) is 4.79 Å². The summed E-state index contributed by atoms with van der Waals surface area (Å²) in [5, 5.41) is 11.5. The van der Waals surface area contributed by atoms with Gasteiger partial charge in [0.15, 0.2) is 0 Å². The minimum absolute atomic E-state index is 0.364. The standard InChI is InChI=1S/C10H10N2O4/c1-16-8-4-2-7(3-5-8)10(15)12-11-6-9(13)14/h2-6H,1H3,(H,12,15)(H,13,14)/b11-6-. The topological polar surface area (TPSA) is 88.0 Å². The number of aliphatic carboxylic acids is 1. The zero-order valence-corrected chi connectivity index (χ0v) is 8.51. The molecule has 0 saturated carbocycles. The first kappa shape index (κ1) is 11.7. The second kappa shape index (κ2) is 5.50. The summed E-state index contributed by atoms with van der Waals surface area (Å²) in [5.74, 6) is -1.08. The number of ether oxygens (including phenoxy) is 1. The summed E-state index contributed by atoms with van der Waals surface area (Å²) in [6.07, 6.45) is 0.599. The summed E-state index contributed by atoms with van der Waals surface area (Å²) in [5.41, 5.74) is 2.44. The van der Waals surface area contributed by atoms with Gasteiger partial charge in [0.1, 0.15) is 12.0 Å². The van der Waals surface area contributed by atoms with Gasteiger partial charge in [-0.1, -0.05) is 0 Å². The van der Waals surface area contributed by atoms with Crippen LogP contribution in [-0.4, -0.2) is 30.3 Å². The predicted octanol–water partition coefficient (Wildman–Crippen LogP) is 0.495. The molecule has 84 valence electrons. The highest BCUT2D eigenvalue weighted by molar-refractivity contribution is 6.22. The molecule has 0 aliphatic heterocycles. The molecule has 0 atom stereocenters. The van der Waals surface area contributed by atoms with Crippen molar-refractivity contribution in [2.24, 2.45) is 5.10 Å². The van der Waals surface area contributed by atoms with Crippen LogP contribution in [0.4, 0.5) is 0 Å². The average Bonchev–Trinajstić information content (AvgIpc) is 2.28. The SMILES string of the molecule is COc1ccc(C(=O)N/N=C\C(=O)O)cc1. The van der Waals surface area contributed by atoms with E-state index in [1.165, 1.54) is 7.11 Å². The van der Waals surface area contributed by atoms with E-state index in [1.807, 2.05) is 0 Å². The molecule has 0 spiro atoms. The second-order valence-electron chi connectivity index (χ2n) is 2.77. The van der Waals surface area contributed by atoms with Crippen LogP contribution in [-0.2, 0) is 4.79 Å². The number of carbonyl (C=O) groups excluding carboxylic acids is 1. The Labute approximate surface area is 91.5 Å². The number of nitrogens with zero attached hydrogens (tertiary/aromatic N) is 1.